The fourth-order valence-electron chi connectivity index (χ4n) is 3.31. The fourth-order valence-corrected chi connectivity index (χ4v) is 3.31. The molecule has 4 rings (SSSR count). The summed E-state index contributed by atoms with van der Waals surface area (Å²) >= 11 is 0. The molecule has 0 spiro atoms. The predicted octanol–water partition coefficient (Wildman–Crippen LogP) is 3.84. The van der Waals surface area contributed by atoms with Gasteiger partial charge in [-0.3, -0.25) is 4.79 Å². The van der Waals surface area contributed by atoms with E-state index in [-0.39, 0.29) is 12.5 Å². The molecular weight excluding hydrogens is 372 g/mol. The van der Waals surface area contributed by atoms with E-state index in [0.717, 1.165) is 10.9 Å². The number of hydrogen-bond donors (Lipinski definition) is 0. The number of furan rings is 2. The second-order valence-electron chi connectivity index (χ2n) is 6.59. The number of aromatic nitrogens is 1. The molecule has 0 saturated carbocycles. The minimum absolute atomic E-state index is 0.0684. The molecule has 0 aliphatic heterocycles. The summed E-state index contributed by atoms with van der Waals surface area (Å²) in [7, 11) is 1.34. The zero-order valence-electron chi connectivity index (χ0n) is 15.9. The Kier molecular flexibility index (Phi) is 5.20. The van der Waals surface area contributed by atoms with Gasteiger partial charge in [0.2, 0.25) is 5.91 Å². The Morgan fingerprint density at radius 2 is 1.62 bits per heavy atom. The van der Waals surface area contributed by atoms with Crippen molar-refractivity contribution in [3.63, 3.8) is 0 Å². The van der Waals surface area contributed by atoms with Crippen molar-refractivity contribution in [1.82, 2.24) is 9.47 Å². The van der Waals surface area contributed by atoms with Crippen molar-refractivity contribution in [2.24, 2.45) is 0 Å². The highest BCUT2D eigenvalue weighted by Crippen LogP contribution is 2.23. The number of carbonyl (C=O) groups is 2. The zero-order valence-corrected chi connectivity index (χ0v) is 15.9. The summed E-state index contributed by atoms with van der Waals surface area (Å²) in [5, 5.41) is 0.746. The summed E-state index contributed by atoms with van der Waals surface area (Å²) in [5.41, 5.74) is 1.22. The van der Waals surface area contributed by atoms with Crippen LogP contribution >= 0.6 is 0 Å². The first-order chi connectivity index (χ1) is 14.2. The highest BCUT2D eigenvalue weighted by atomic mass is 16.5. The van der Waals surface area contributed by atoms with Crippen LogP contribution in [0.1, 0.15) is 21.9 Å². The molecule has 1 amide bonds. The van der Waals surface area contributed by atoms with Gasteiger partial charge in [0.15, 0.2) is 0 Å². The summed E-state index contributed by atoms with van der Waals surface area (Å²) in [5.74, 6) is 0.792. The van der Waals surface area contributed by atoms with E-state index in [2.05, 4.69) is 0 Å². The molecule has 0 unspecified atom stereocenters. The van der Waals surface area contributed by atoms with E-state index in [1.807, 2.05) is 36.4 Å². The van der Waals surface area contributed by atoms with Gasteiger partial charge in [-0.1, -0.05) is 18.2 Å². The largest absolute Gasteiger partial charge is 0.467 e. The first kappa shape index (κ1) is 18.6. The summed E-state index contributed by atoms with van der Waals surface area (Å²) in [6, 6.07) is 14.6. The molecule has 0 aliphatic carbocycles. The van der Waals surface area contributed by atoms with Crippen molar-refractivity contribution in [2.75, 3.05) is 7.11 Å². The molecule has 0 radical (unpaired) electrons. The summed E-state index contributed by atoms with van der Waals surface area (Å²) in [4.78, 5) is 26.9. The lowest BCUT2D eigenvalue weighted by molar-refractivity contribution is -0.133. The molecule has 0 saturated heterocycles. The van der Waals surface area contributed by atoms with Crippen LogP contribution in [0.2, 0.25) is 0 Å². The number of nitrogens with zero attached hydrogens (tertiary/aromatic N) is 2. The third kappa shape index (κ3) is 3.94. The van der Waals surface area contributed by atoms with E-state index in [9.17, 15) is 9.59 Å². The molecule has 7 heteroatoms. The van der Waals surface area contributed by atoms with Gasteiger partial charge < -0.3 is 23.0 Å². The Labute approximate surface area is 167 Å². The molecule has 4 aromatic rings. The maximum atomic E-state index is 13.2. The molecule has 0 aliphatic rings. The molecule has 0 atom stereocenters. The summed E-state index contributed by atoms with van der Waals surface area (Å²) in [6.45, 7) is 0.699. The summed E-state index contributed by atoms with van der Waals surface area (Å²) < 4.78 is 17.5. The van der Waals surface area contributed by atoms with Crippen molar-refractivity contribution in [3.8, 4) is 0 Å². The van der Waals surface area contributed by atoms with Gasteiger partial charge in [0.1, 0.15) is 18.1 Å². The van der Waals surface area contributed by atoms with E-state index < -0.39 is 5.97 Å². The minimum atomic E-state index is -0.435. The molecule has 3 aromatic heterocycles. The van der Waals surface area contributed by atoms with Crippen LogP contribution in [0.3, 0.4) is 0 Å². The van der Waals surface area contributed by atoms with Crippen LogP contribution in [0.4, 0.5) is 0 Å². The van der Waals surface area contributed by atoms with Gasteiger partial charge in [-0.2, -0.15) is 0 Å². The number of para-hydroxylation sites is 1. The lowest BCUT2D eigenvalue weighted by Crippen LogP contribution is -2.32. The maximum Gasteiger partial charge on any atom is 0.340 e. The monoisotopic (exact) mass is 392 g/mol. The van der Waals surface area contributed by atoms with E-state index in [1.165, 1.54) is 7.11 Å². The second kappa shape index (κ2) is 8.10. The lowest BCUT2D eigenvalue weighted by atomic mass is 10.2. The van der Waals surface area contributed by atoms with E-state index in [4.69, 9.17) is 13.6 Å². The molecule has 0 N–H and O–H groups in total. The number of rotatable bonds is 7. The van der Waals surface area contributed by atoms with Crippen LogP contribution in [0, 0.1) is 0 Å². The highest BCUT2D eigenvalue weighted by molar-refractivity contribution is 6.04. The predicted molar refractivity (Wildman–Crippen MR) is 105 cm³/mol. The molecule has 0 fully saturated rings. The summed E-state index contributed by atoms with van der Waals surface area (Å²) in [6.07, 6.45) is 4.81. The van der Waals surface area contributed by atoms with Crippen LogP contribution in [0.5, 0.6) is 0 Å². The van der Waals surface area contributed by atoms with Crippen LogP contribution in [-0.4, -0.2) is 28.5 Å². The first-order valence-electron chi connectivity index (χ1n) is 9.14. The number of hydrogen-bond acceptors (Lipinski definition) is 5. The van der Waals surface area contributed by atoms with Crippen LogP contribution in [0.25, 0.3) is 10.9 Å². The van der Waals surface area contributed by atoms with Gasteiger partial charge in [0.25, 0.3) is 0 Å². The Balaban J connectivity index is 1.62. The standard InChI is InChI=1S/C22H20N2O5/c1-27-22(26)19-14-23(20-9-3-2-8-18(19)20)15-21(25)24(12-16-6-4-10-28-16)13-17-7-5-11-29-17/h2-11,14H,12-13,15H2,1H3. The fraction of sp³-hybridized carbons (Fsp3) is 0.182. The van der Waals surface area contributed by atoms with Crippen molar-refractivity contribution in [1.29, 1.82) is 0 Å². The third-order valence-corrected chi connectivity index (χ3v) is 4.71. The average Bonchev–Trinajstić information content (AvgIpc) is 3.49. The van der Waals surface area contributed by atoms with Crippen molar-refractivity contribution in [3.05, 3.63) is 84.3 Å². The number of benzene rings is 1. The first-order valence-corrected chi connectivity index (χ1v) is 9.14. The van der Waals surface area contributed by atoms with Gasteiger partial charge in [0.05, 0.1) is 38.3 Å². The van der Waals surface area contributed by atoms with Crippen LogP contribution < -0.4 is 0 Å². The van der Waals surface area contributed by atoms with E-state index >= 15 is 0 Å². The minimum Gasteiger partial charge on any atom is -0.467 e. The molecule has 1 aromatic carbocycles. The Bertz CT molecular complexity index is 1070. The molecule has 3 heterocycles. The topological polar surface area (TPSA) is 77.8 Å². The molecule has 0 bridgehead atoms. The molecular formula is C22H20N2O5. The van der Waals surface area contributed by atoms with Crippen LogP contribution in [0.15, 0.2) is 76.1 Å². The number of esters is 1. The smallest absolute Gasteiger partial charge is 0.340 e. The molecule has 29 heavy (non-hydrogen) atoms. The van der Waals surface area contributed by atoms with Crippen molar-refractivity contribution < 1.29 is 23.2 Å². The van der Waals surface area contributed by atoms with Gasteiger partial charge >= 0.3 is 5.97 Å². The lowest BCUT2D eigenvalue weighted by Gasteiger charge is -2.21. The Morgan fingerprint density at radius 1 is 0.966 bits per heavy atom. The van der Waals surface area contributed by atoms with Crippen molar-refractivity contribution in [2.45, 2.75) is 19.6 Å². The quantitative estimate of drug-likeness (QED) is 0.447. The SMILES string of the molecule is COC(=O)c1cn(CC(=O)N(Cc2ccco2)Cc2ccco2)c2ccccc12. The highest BCUT2D eigenvalue weighted by Gasteiger charge is 2.21. The average molecular weight is 392 g/mol. The Hall–Kier alpha value is -3.74. The molecule has 7 nitrogen and oxygen atoms in total. The van der Waals surface area contributed by atoms with Gasteiger partial charge in [-0.05, 0) is 30.3 Å². The van der Waals surface area contributed by atoms with Gasteiger partial charge in [0, 0.05) is 17.1 Å². The third-order valence-electron chi connectivity index (χ3n) is 4.71. The molecule has 148 valence electrons. The van der Waals surface area contributed by atoms with Crippen LogP contribution in [-0.2, 0) is 29.2 Å². The van der Waals surface area contributed by atoms with E-state index in [1.54, 1.807) is 40.3 Å². The number of ether oxygens (including phenoxy) is 1. The van der Waals surface area contributed by atoms with Gasteiger partial charge in [-0.25, -0.2) is 4.79 Å². The van der Waals surface area contributed by atoms with Gasteiger partial charge in [-0.15, -0.1) is 0 Å². The maximum absolute atomic E-state index is 13.2. The second-order valence-corrected chi connectivity index (χ2v) is 6.59. The number of carbonyl (C=O) groups excluding carboxylic acids is 2. The normalized spacial score (nSPS) is 10.9. The number of methoxy groups -OCH3 is 1. The Morgan fingerprint density at radius 3 is 2.21 bits per heavy atom. The van der Waals surface area contributed by atoms with E-state index in [0.29, 0.717) is 30.2 Å². The number of amides is 1. The zero-order chi connectivity index (χ0) is 20.2. The van der Waals surface area contributed by atoms with Crippen molar-refractivity contribution >= 4 is 22.8 Å². The number of fused-ring (bicyclic) bond motifs is 1.